The van der Waals surface area contributed by atoms with E-state index in [-0.39, 0.29) is 122 Å². The van der Waals surface area contributed by atoms with Crippen molar-refractivity contribution < 1.29 is 109 Å². The van der Waals surface area contributed by atoms with Gasteiger partial charge in [-0.25, -0.2) is 0 Å². The van der Waals surface area contributed by atoms with Gasteiger partial charge in [0.15, 0.2) is 0 Å². The molecule has 0 aromatic carbocycles. The minimum Gasteiger partial charge on any atom is -1.00 e. The Labute approximate surface area is 143 Å². The van der Waals surface area contributed by atoms with Crippen LogP contribution in [0.3, 0.4) is 0 Å². The van der Waals surface area contributed by atoms with Crippen LogP contribution in [0.4, 0.5) is 0 Å². The van der Waals surface area contributed by atoms with Gasteiger partial charge in [-0.2, -0.15) is 0 Å². The molecule has 0 aromatic heterocycles. The summed E-state index contributed by atoms with van der Waals surface area (Å²) >= 11 is 0. The van der Waals surface area contributed by atoms with Gasteiger partial charge in [-0.3, -0.25) is 0 Å². The smallest absolute Gasteiger partial charge is 1.00 e. The molecule has 3 nitrogen and oxygen atoms in total. The van der Waals surface area contributed by atoms with E-state index in [0.717, 1.165) is 0 Å². The number of halogens is 3. The molecule has 9 heteroatoms. The molecule has 0 aromatic rings. The summed E-state index contributed by atoms with van der Waals surface area (Å²) in [5.41, 5.74) is 0. The summed E-state index contributed by atoms with van der Waals surface area (Å²) in [7, 11) is -2.85. The second-order valence-electron chi connectivity index (χ2n) is 0.189. The van der Waals surface area contributed by atoms with E-state index in [0.29, 0.717) is 0 Å². The Morgan fingerprint density at radius 1 is 0.778 bits per heavy atom. The Morgan fingerprint density at radius 2 is 0.778 bits per heavy atom. The average molecular weight is 240 g/mol. The summed E-state index contributed by atoms with van der Waals surface area (Å²) in [4.78, 5) is 0. The first-order valence-electron chi connectivity index (χ1n) is 0.463. The Bertz CT molecular complexity index is 21.8. The van der Waals surface area contributed by atoms with Crippen molar-refractivity contribution in [3.63, 3.8) is 0 Å². The third-order valence-corrected chi connectivity index (χ3v) is 0. The molecule has 0 N–H and O–H groups in total. The van der Waals surface area contributed by atoms with E-state index in [4.69, 9.17) is 14.0 Å². The van der Waals surface area contributed by atoms with Crippen molar-refractivity contribution in [1.29, 1.82) is 0 Å². The predicted octanol–water partition coefficient (Wildman–Crippen LogP) is -15.9. The largest absolute Gasteiger partial charge is 2.00 e. The van der Waals surface area contributed by atoms with Crippen molar-refractivity contribution in [3.05, 3.63) is 0 Å². The normalized spacial score (nSPS) is 4.00. The maximum Gasteiger partial charge on any atom is 2.00 e. The van der Waals surface area contributed by atoms with E-state index in [1.54, 1.807) is 0 Å². The van der Waals surface area contributed by atoms with E-state index in [1.165, 1.54) is 0 Å². The van der Waals surface area contributed by atoms with Gasteiger partial charge in [0.2, 0.25) is 0 Å². The summed E-state index contributed by atoms with van der Waals surface area (Å²) in [6.07, 6.45) is 0. The molecule has 0 heterocycles. The molecule has 0 aliphatic heterocycles. The maximum atomic E-state index is 8.41. The molecular weight excluding hydrogens is 240 g/mol. The molecule has 0 bridgehead atoms. The molecule has 0 saturated heterocycles. The molecule has 0 rings (SSSR count). The van der Waals surface area contributed by atoms with E-state index in [2.05, 4.69) is 0 Å². The monoisotopic (exact) mass is 239 g/mol. The van der Waals surface area contributed by atoms with Crippen LogP contribution in [0.15, 0.2) is 0 Å². The van der Waals surface area contributed by atoms with Crippen LogP contribution in [0.2, 0.25) is 0 Å². The van der Waals surface area contributed by atoms with Crippen LogP contribution in [0.1, 0.15) is 0 Å². The van der Waals surface area contributed by atoms with Crippen LogP contribution in [0, 0.1) is 10.8 Å². The molecule has 9 heavy (non-hydrogen) atoms. The third kappa shape index (κ3) is 74.8. The first-order valence-corrected chi connectivity index (χ1v) is 1.39. The van der Waals surface area contributed by atoms with E-state index >= 15 is 0 Å². The molecule has 0 aliphatic rings. The zero-order valence-corrected chi connectivity index (χ0v) is 13.5. The Balaban J connectivity index is -0.00000000450. The van der Waals surface area contributed by atoms with Crippen molar-refractivity contribution >= 4 is 37.7 Å². The second-order valence-corrected chi connectivity index (χ2v) is 0.567. The van der Waals surface area contributed by atoms with Crippen LogP contribution < -0.4 is 97.9 Å². The molecule has 0 unspecified atom stereocenters. The molecule has 0 fully saturated rings. The zero-order valence-electron chi connectivity index (χ0n) is 5.07. The van der Waals surface area contributed by atoms with Gasteiger partial charge in [0.25, 0.3) is 0 Å². The van der Waals surface area contributed by atoms with Crippen LogP contribution in [-0.4, -0.2) is 37.7 Å². The van der Waals surface area contributed by atoms with Gasteiger partial charge in [-0.15, -0.1) is 0 Å². The number of hydrogen-bond donors (Lipinski definition) is 0. The summed E-state index contributed by atoms with van der Waals surface area (Å²) in [5.74, 6) is 0. The van der Waals surface area contributed by atoms with Crippen molar-refractivity contribution in [2.45, 2.75) is 0 Å². The zero-order chi connectivity index (χ0) is 3.58. The van der Waals surface area contributed by atoms with E-state index < -0.39 is 10.8 Å². The molecule has 0 atom stereocenters. The van der Waals surface area contributed by atoms with Gasteiger partial charge in [0.05, 0.1) is 10.8 Å². The minimum absolute atomic E-state index is 0. The number of hydrogen-bond acceptors (Lipinski definition) is 3. The van der Waals surface area contributed by atoms with Gasteiger partial charge in [-0.05, 0) is 0 Å². The van der Waals surface area contributed by atoms with Gasteiger partial charge in [0, 0.05) is 0 Å². The van der Waals surface area contributed by atoms with Gasteiger partial charge < -0.3 is 38.8 Å². The standard InChI is InChI=1S/Ca.ClO3.2ClH.2Na/c;2-1(3)4;;;;/h;;2*1H;;/q+2;-1;;;2*+1/p-2. The van der Waals surface area contributed by atoms with Crippen molar-refractivity contribution in [2.75, 3.05) is 0 Å². The predicted molar refractivity (Wildman–Crippen MR) is 5.75 cm³/mol. The number of rotatable bonds is 0. The fraction of sp³-hybridized carbons (Fsp3) is 0. The van der Waals surface area contributed by atoms with E-state index in [1.807, 2.05) is 0 Å². The Kier molecular flexibility index (Phi) is 126. The summed E-state index contributed by atoms with van der Waals surface area (Å²) in [5, 5.41) is 0. The molecule has 0 radical (unpaired) electrons. The average Bonchev–Trinajstić information content (AvgIpc) is 0.811. The quantitative estimate of drug-likeness (QED) is 0.395. The summed E-state index contributed by atoms with van der Waals surface area (Å²) in [6.45, 7) is 0. The van der Waals surface area contributed by atoms with Crippen LogP contribution in [0.5, 0.6) is 0 Å². The van der Waals surface area contributed by atoms with Gasteiger partial charge in [0.1, 0.15) is 0 Å². The van der Waals surface area contributed by atoms with Gasteiger partial charge >= 0.3 is 96.9 Å². The summed E-state index contributed by atoms with van der Waals surface area (Å²) in [6, 6.07) is 0. The van der Waals surface area contributed by atoms with Crippen LogP contribution in [0.25, 0.3) is 0 Å². The van der Waals surface area contributed by atoms with Crippen molar-refractivity contribution in [2.24, 2.45) is 0 Å². The molecule has 0 saturated carbocycles. The fourth-order valence-corrected chi connectivity index (χ4v) is 0. The first kappa shape index (κ1) is 38.2. The van der Waals surface area contributed by atoms with E-state index in [9.17, 15) is 0 Å². The first-order chi connectivity index (χ1) is 1.73. The molecule has 0 aliphatic carbocycles. The third-order valence-electron chi connectivity index (χ3n) is 0. The Hall–Kier alpha value is 4.01. The maximum absolute atomic E-state index is 8.41. The van der Waals surface area contributed by atoms with Crippen molar-refractivity contribution in [1.82, 2.24) is 0 Å². The molecular formula is CaCl3Na2O3+. The molecule has 0 spiro atoms. The topological polar surface area (TPSA) is 69.2 Å². The van der Waals surface area contributed by atoms with Crippen LogP contribution in [-0.2, 0) is 0 Å². The van der Waals surface area contributed by atoms with Gasteiger partial charge in [-0.1, -0.05) is 0 Å². The minimum atomic E-state index is -2.85. The SMILES string of the molecule is [Ca+2].[Cl-].[Cl-].[Na+].[Na+].[O-][Cl+2]([O-])[O-]. The molecule has 0 amide bonds. The summed E-state index contributed by atoms with van der Waals surface area (Å²) < 4.78 is 25.2. The van der Waals surface area contributed by atoms with Crippen molar-refractivity contribution in [3.8, 4) is 0 Å². The Morgan fingerprint density at radius 3 is 0.778 bits per heavy atom. The molecule has 42 valence electrons. The van der Waals surface area contributed by atoms with Crippen LogP contribution >= 0.6 is 0 Å². The second kappa shape index (κ2) is 29.6. The fourth-order valence-electron chi connectivity index (χ4n) is 0.